The molecule has 0 spiro atoms. The molecule has 3 rings (SSSR count). The fraction of sp³-hybridized carbons (Fsp3) is 0.250. The molecule has 3 aromatic rings. The van der Waals surface area contributed by atoms with E-state index in [1.807, 2.05) is 0 Å². The van der Waals surface area contributed by atoms with Crippen LogP contribution >= 0.6 is 11.6 Å². The highest BCUT2D eigenvalue weighted by molar-refractivity contribution is 6.34. The normalized spacial score (nSPS) is 11.3. The first-order valence-corrected chi connectivity index (χ1v) is 7.83. The highest BCUT2D eigenvalue weighted by atomic mass is 35.5. The lowest BCUT2D eigenvalue weighted by Gasteiger charge is -2.12. The molecule has 0 aliphatic rings. The molecule has 0 aliphatic heterocycles. The van der Waals surface area contributed by atoms with Crippen LogP contribution in [0.5, 0.6) is 0 Å². The van der Waals surface area contributed by atoms with Gasteiger partial charge in [-0.05, 0) is 30.0 Å². The zero-order valence-corrected chi connectivity index (χ0v) is 14.1. The first-order chi connectivity index (χ1) is 11.4. The molecule has 1 amide bonds. The van der Waals surface area contributed by atoms with Gasteiger partial charge in [0.25, 0.3) is 0 Å². The number of rotatable bonds is 4. The first kappa shape index (κ1) is 16.2. The summed E-state index contributed by atoms with van der Waals surface area (Å²) in [7, 11) is 0. The number of fused-ring (bicyclic) bond motifs is 1. The third kappa shape index (κ3) is 2.67. The number of hydrogen-bond acceptors (Lipinski definition) is 5. The largest absolute Gasteiger partial charge is 0.382 e. The highest BCUT2D eigenvalue weighted by Crippen LogP contribution is 2.29. The molecule has 4 N–H and O–H groups in total. The summed E-state index contributed by atoms with van der Waals surface area (Å²) >= 11 is 6.21. The summed E-state index contributed by atoms with van der Waals surface area (Å²) in [6, 6.07) is 3.49. The summed E-state index contributed by atoms with van der Waals surface area (Å²) in [4.78, 5) is 19.8. The maximum atomic E-state index is 11.8. The molecule has 0 fully saturated rings. The number of carbonyl (C=O) groups is 1. The van der Waals surface area contributed by atoms with Gasteiger partial charge in [-0.1, -0.05) is 25.4 Å². The van der Waals surface area contributed by atoms with E-state index < -0.39 is 5.91 Å². The van der Waals surface area contributed by atoms with Gasteiger partial charge in [-0.15, -0.1) is 0 Å². The van der Waals surface area contributed by atoms with E-state index in [0.29, 0.717) is 23.7 Å². The van der Waals surface area contributed by atoms with Gasteiger partial charge in [-0.25, -0.2) is 14.6 Å². The van der Waals surface area contributed by atoms with Crippen molar-refractivity contribution in [2.24, 2.45) is 11.7 Å². The van der Waals surface area contributed by atoms with Crippen molar-refractivity contribution in [1.82, 2.24) is 19.7 Å². The number of halogens is 1. The quantitative estimate of drug-likeness (QED) is 0.754. The molecule has 0 saturated heterocycles. The van der Waals surface area contributed by atoms with Crippen molar-refractivity contribution in [2.45, 2.75) is 20.3 Å². The predicted molar refractivity (Wildman–Crippen MR) is 93.1 cm³/mol. The number of amides is 1. The van der Waals surface area contributed by atoms with E-state index in [4.69, 9.17) is 23.1 Å². The predicted octanol–water partition coefficient (Wildman–Crippen LogP) is 2.35. The van der Waals surface area contributed by atoms with Gasteiger partial charge in [0.05, 0.1) is 11.7 Å². The highest BCUT2D eigenvalue weighted by Gasteiger charge is 2.18. The lowest BCUT2D eigenvalue weighted by atomic mass is 9.94. The van der Waals surface area contributed by atoms with Crippen LogP contribution in [0.2, 0.25) is 5.02 Å². The maximum absolute atomic E-state index is 11.8. The lowest BCUT2D eigenvalue weighted by molar-refractivity contribution is 0.0999. The average Bonchev–Trinajstić information content (AvgIpc) is 2.94. The van der Waals surface area contributed by atoms with Gasteiger partial charge in [-0.2, -0.15) is 5.10 Å². The van der Waals surface area contributed by atoms with E-state index >= 15 is 0 Å². The Kier molecular flexibility index (Phi) is 4.11. The number of nitrogens with zero attached hydrogens (tertiary/aromatic N) is 4. The molecular formula is C16H17ClN6O. The average molecular weight is 345 g/mol. The Hall–Kier alpha value is -2.67. The molecule has 2 heterocycles. The van der Waals surface area contributed by atoms with Crippen molar-refractivity contribution in [3.05, 3.63) is 40.8 Å². The van der Waals surface area contributed by atoms with E-state index in [1.165, 1.54) is 6.33 Å². The van der Waals surface area contributed by atoms with E-state index in [1.54, 1.807) is 23.0 Å². The molecule has 0 saturated carbocycles. The number of carbonyl (C=O) groups excluding carboxylic acids is 1. The van der Waals surface area contributed by atoms with Crippen molar-refractivity contribution in [3.8, 4) is 5.82 Å². The van der Waals surface area contributed by atoms with Crippen LogP contribution in [-0.2, 0) is 6.42 Å². The zero-order valence-electron chi connectivity index (χ0n) is 13.3. The standard InChI is InChI=1S/C16H17ClN6O/c1-8(2)5-10-9(15(19)24)3-4-12-11(10)6-22-23(12)16-13(17)14(18)20-7-21-16/h3-4,6-8H,5H2,1-2H3,(H2,19,24)(H2,18,20,21). The lowest BCUT2D eigenvalue weighted by Crippen LogP contribution is -2.15. The van der Waals surface area contributed by atoms with E-state index in [2.05, 4.69) is 28.9 Å². The Morgan fingerprint density at radius 3 is 2.75 bits per heavy atom. The SMILES string of the molecule is CC(C)Cc1c(C(N)=O)ccc2c1cnn2-c1ncnc(N)c1Cl. The van der Waals surface area contributed by atoms with Crippen LogP contribution in [0.25, 0.3) is 16.7 Å². The Balaban J connectivity index is 2.27. The van der Waals surface area contributed by atoms with E-state index in [0.717, 1.165) is 16.5 Å². The minimum atomic E-state index is -0.454. The summed E-state index contributed by atoms with van der Waals surface area (Å²) in [5, 5.41) is 5.44. The monoisotopic (exact) mass is 344 g/mol. The summed E-state index contributed by atoms with van der Waals surface area (Å²) in [6.07, 6.45) is 3.73. The first-order valence-electron chi connectivity index (χ1n) is 7.46. The van der Waals surface area contributed by atoms with Gasteiger partial charge < -0.3 is 11.5 Å². The Morgan fingerprint density at radius 1 is 1.33 bits per heavy atom. The summed E-state index contributed by atoms with van der Waals surface area (Å²) < 4.78 is 1.59. The molecule has 0 bridgehead atoms. The van der Waals surface area contributed by atoms with Crippen LogP contribution < -0.4 is 11.5 Å². The smallest absolute Gasteiger partial charge is 0.249 e. The fourth-order valence-corrected chi connectivity index (χ4v) is 2.89. The number of nitrogens with two attached hydrogens (primary N) is 2. The van der Waals surface area contributed by atoms with Gasteiger partial charge in [-0.3, -0.25) is 4.79 Å². The van der Waals surface area contributed by atoms with Crippen LogP contribution in [0, 0.1) is 5.92 Å². The third-order valence-electron chi connectivity index (χ3n) is 3.74. The second kappa shape index (κ2) is 6.09. The number of aromatic nitrogens is 4. The number of hydrogen-bond donors (Lipinski definition) is 2. The topological polar surface area (TPSA) is 113 Å². The van der Waals surface area contributed by atoms with Gasteiger partial charge >= 0.3 is 0 Å². The summed E-state index contributed by atoms with van der Waals surface area (Å²) in [6.45, 7) is 4.16. The molecule has 0 aliphatic carbocycles. The summed E-state index contributed by atoms with van der Waals surface area (Å²) in [5.74, 6) is 0.475. The Bertz CT molecular complexity index is 934. The van der Waals surface area contributed by atoms with Gasteiger partial charge in [0, 0.05) is 10.9 Å². The van der Waals surface area contributed by atoms with Gasteiger partial charge in [0.15, 0.2) is 5.82 Å². The maximum Gasteiger partial charge on any atom is 0.249 e. The van der Waals surface area contributed by atoms with Gasteiger partial charge in [0.2, 0.25) is 5.91 Å². The van der Waals surface area contributed by atoms with Crippen molar-refractivity contribution in [1.29, 1.82) is 0 Å². The minimum absolute atomic E-state index is 0.182. The minimum Gasteiger partial charge on any atom is -0.382 e. The number of primary amides is 1. The van der Waals surface area contributed by atoms with Crippen molar-refractivity contribution in [3.63, 3.8) is 0 Å². The molecule has 0 unspecified atom stereocenters. The Morgan fingerprint density at radius 2 is 2.08 bits per heavy atom. The van der Waals surface area contributed by atoms with Crippen LogP contribution in [0.1, 0.15) is 29.8 Å². The zero-order chi connectivity index (χ0) is 17.4. The number of benzene rings is 1. The van der Waals surface area contributed by atoms with Crippen molar-refractivity contribution < 1.29 is 4.79 Å². The van der Waals surface area contributed by atoms with E-state index in [9.17, 15) is 4.79 Å². The fourth-order valence-electron chi connectivity index (χ4n) is 2.71. The number of anilines is 1. The van der Waals surface area contributed by atoms with Crippen molar-refractivity contribution >= 4 is 34.2 Å². The second-order valence-corrected chi connectivity index (χ2v) is 6.32. The second-order valence-electron chi connectivity index (χ2n) is 5.94. The van der Waals surface area contributed by atoms with Crippen LogP contribution in [-0.4, -0.2) is 25.7 Å². The van der Waals surface area contributed by atoms with Gasteiger partial charge in [0.1, 0.15) is 17.2 Å². The van der Waals surface area contributed by atoms with Crippen molar-refractivity contribution in [2.75, 3.05) is 5.73 Å². The molecule has 0 atom stereocenters. The number of nitrogen functional groups attached to an aromatic ring is 1. The van der Waals surface area contributed by atoms with E-state index in [-0.39, 0.29) is 10.8 Å². The van der Waals surface area contributed by atoms with Crippen LogP contribution in [0.15, 0.2) is 24.7 Å². The summed E-state index contributed by atoms with van der Waals surface area (Å²) in [5.41, 5.74) is 13.4. The van der Waals surface area contributed by atoms with Crippen LogP contribution in [0.3, 0.4) is 0 Å². The Labute approximate surface area is 143 Å². The molecule has 8 heteroatoms. The molecule has 124 valence electrons. The molecule has 7 nitrogen and oxygen atoms in total. The molecule has 24 heavy (non-hydrogen) atoms. The molecule has 0 radical (unpaired) electrons. The third-order valence-corrected chi connectivity index (χ3v) is 4.10. The molecule has 1 aromatic carbocycles. The molecule has 2 aromatic heterocycles. The molecular weight excluding hydrogens is 328 g/mol. The van der Waals surface area contributed by atoms with Crippen LogP contribution in [0.4, 0.5) is 5.82 Å².